The quantitative estimate of drug-likeness (QED) is 0.0376. The smallest absolute Gasteiger partial charge is 0.306 e. The van der Waals surface area contributed by atoms with Crippen LogP contribution in [-0.2, 0) is 19.1 Å². The van der Waals surface area contributed by atoms with Crippen LogP contribution in [0.15, 0.2) is 85.1 Å². The summed E-state index contributed by atoms with van der Waals surface area (Å²) in [5, 5.41) is 9.60. The van der Waals surface area contributed by atoms with Crippen molar-refractivity contribution in [1.82, 2.24) is 0 Å². The summed E-state index contributed by atoms with van der Waals surface area (Å²) in [5.74, 6) is -0.687. The van der Waals surface area contributed by atoms with Crippen molar-refractivity contribution in [3.8, 4) is 0 Å². The molecule has 0 saturated carbocycles. The summed E-state index contributed by atoms with van der Waals surface area (Å²) in [7, 11) is 0. The lowest BCUT2D eigenvalue weighted by Crippen LogP contribution is -2.28. The van der Waals surface area contributed by atoms with E-state index in [9.17, 15) is 14.7 Å². The normalized spacial score (nSPS) is 12.9. The number of ether oxygens (including phenoxy) is 2. The minimum atomic E-state index is -0.816. The van der Waals surface area contributed by atoms with Crippen LogP contribution in [0.1, 0.15) is 232 Å². The van der Waals surface area contributed by atoms with Crippen LogP contribution in [0.4, 0.5) is 0 Å². The Bertz CT molecular complexity index is 1130. The summed E-state index contributed by atoms with van der Waals surface area (Å²) in [5.41, 5.74) is 0. The van der Waals surface area contributed by atoms with E-state index in [1.807, 2.05) is 12.2 Å². The van der Waals surface area contributed by atoms with Crippen molar-refractivity contribution < 1.29 is 24.2 Å². The number of allylic oxidation sites excluding steroid dienone is 14. The van der Waals surface area contributed by atoms with Gasteiger partial charge in [-0.3, -0.25) is 9.59 Å². The molecule has 0 radical (unpaired) electrons. The SMILES string of the molecule is CC/C=C\C/C=C\C/C=C\C/C=C\C/C=C\C/C=C\CCC(=O)OC(CO)COC(=O)CCCCCCCCCCCCCCCCC/C=C\CCCCCCCCCC. The van der Waals surface area contributed by atoms with Crippen LogP contribution in [0, 0.1) is 0 Å². The van der Waals surface area contributed by atoms with Crippen molar-refractivity contribution in [2.45, 2.75) is 238 Å². The van der Waals surface area contributed by atoms with Crippen molar-refractivity contribution in [1.29, 1.82) is 0 Å². The molecule has 0 amide bonds. The predicted molar refractivity (Wildman–Crippen MR) is 260 cm³/mol. The summed E-state index contributed by atoms with van der Waals surface area (Å²) in [6, 6.07) is 0. The third-order valence-electron chi connectivity index (χ3n) is 10.7. The molecular weight excluding hydrogens is 741 g/mol. The molecule has 0 spiro atoms. The van der Waals surface area contributed by atoms with E-state index < -0.39 is 12.1 Å². The number of unbranched alkanes of at least 4 members (excludes halogenated alkanes) is 23. The van der Waals surface area contributed by atoms with Gasteiger partial charge in [-0.2, -0.15) is 0 Å². The first kappa shape index (κ1) is 57.1. The summed E-state index contributed by atoms with van der Waals surface area (Å²) >= 11 is 0. The molecule has 0 aliphatic heterocycles. The third kappa shape index (κ3) is 47.8. The van der Waals surface area contributed by atoms with Gasteiger partial charge in [0.1, 0.15) is 6.61 Å². The van der Waals surface area contributed by atoms with Gasteiger partial charge in [-0.05, 0) is 77.0 Å². The van der Waals surface area contributed by atoms with Crippen LogP contribution in [0.5, 0.6) is 0 Å². The van der Waals surface area contributed by atoms with Crippen molar-refractivity contribution in [2.75, 3.05) is 13.2 Å². The number of aliphatic hydroxyl groups excluding tert-OH is 1. The molecule has 0 fully saturated rings. The minimum absolute atomic E-state index is 0.0989. The van der Waals surface area contributed by atoms with Crippen LogP contribution in [0.2, 0.25) is 0 Å². The van der Waals surface area contributed by atoms with Crippen LogP contribution in [0.3, 0.4) is 0 Å². The Kier molecular flexibility index (Phi) is 48.0. The van der Waals surface area contributed by atoms with Crippen molar-refractivity contribution in [2.24, 2.45) is 0 Å². The molecule has 0 bridgehead atoms. The van der Waals surface area contributed by atoms with Crippen molar-refractivity contribution in [3.05, 3.63) is 85.1 Å². The highest BCUT2D eigenvalue weighted by Gasteiger charge is 2.15. The molecule has 0 aliphatic carbocycles. The van der Waals surface area contributed by atoms with Gasteiger partial charge in [0, 0.05) is 12.8 Å². The van der Waals surface area contributed by atoms with E-state index in [-0.39, 0.29) is 25.6 Å². The van der Waals surface area contributed by atoms with E-state index in [1.165, 1.54) is 141 Å². The average Bonchev–Trinajstić information content (AvgIpc) is 3.25. The molecule has 0 aromatic rings. The third-order valence-corrected chi connectivity index (χ3v) is 10.7. The molecule has 1 unspecified atom stereocenters. The maximum atomic E-state index is 12.2. The second-order valence-corrected chi connectivity index (χ2v) is 16.5. The fourth-order valence-electron chi connectivity index (χ4n) is 6.93. The molecule has 5 nitrogen and oxygen atoms in total. The number of hydrogen-bond acceptors (Lipinski definition) is 5. The highest BCUT2D eigenvalue weighted by molar-refractivity contribution is 5.70. The second kappa shape index (κ2) is 50.4. The first-order valence-corrected chi connectivity index (χ1v) is 25.1. The van der Waals surface area contributed by atoms with E-state index >= 15 is 0 Å². The Balaban J connectivity index is 3.57. The van der Waals surface area contributed by atoms with E-state index in [0.29, 0.717) is 12.8 Å². The number of carbonyl (C=O) groups excluding carboxylic acids is 2. The van der Waals surface area contributed by atoms with E-state index in [4.69, 9.17) is 9.47 Å². The number of esters is 2. The van der Waals surface area contributed by atoms with E-state index in [2.05, 4.69) is 86.8 Å². The largest absolute Gasteiger partial charge is 0.462 e. The van der Waals surface area contributed by atoms with Gasteiger partial charge in [-0.15, -0.1) is 0 Å². The lowest BCUT2D eigenvalue weighted by atomic mass is 10.0. The number of aliphatic hydroxyl groups is 1. The molecule has 344 valence electrons. The Morgan fingerprint density at radius 2 is 0.750 bits per heavy atom. The topological polar surface area (TPSA) is 72.8 Å². The minimum Gasteiger partial charge on any atom is -0.462 e. The lowest BCUT2D eigenvalue weighted by molar-refractivity contribution is -0.161. The Labute approximate surface area is 371 Å². The Morgan fingerprint density at radius 1 is 0.400 bits per heavy atom. The van der Waals surface area contributed by atoms with Gasteiger partial charge in [-0.25, -0.2) is 0 Å². The maximum Gasteiger partial charge on any atom is 0.306 e. The molecule has 5 heteroatoms. The Hall–Kier alpha value is -2.92. The first-order chi connectivity index (χ1) is 29.6. The van der Waals surface area contributed by atoms with Crippen molar-refractivity contribution in [3.63, 3.8) is 0 Å². The number of rotatable bonds is 45. The molecule has 0 aromatic heterocycles. The fourth-order valence-corrected chi connectivity index (χ4v) is 6.93. The summed E-state index contributed by atoms with van der Waals surface area (Å²) in [6.07, 6.45) is 69.8. The monoisotopic (exact) mass is 835 g/mol. The van der Waals surface area contributed by atoms with Gasteiger partial charge in [-0.1, -0.05) is 227 Å². The molecule has 0 aromatic carbocycles. The zero-order valence-electron chi connectivity index (χ0n) is 39.2. The lowest BCUT2D eigenvalue weighted by Gasteiger charge is -2.15. The van der Waals surface area contributed by atoms with Crippen LogP contribution >= 0.6 is 0 Å². The first-order valence-electron chi connectivity index (χ1n) is 25.1. The summed E-state index contributed by atoms with van der Waals surface area (Å²) in [6.45, 7) is 3.97. The van der Waals surface area contributed by atoms with Gasteiger partial charge < -0.3 is 14.6 Å². The fraction of sp³-hybridized carbons (Fsp3) is 0.709. The highest BCUT2D eigenvalue weighted by atomic mass is 16.6. The zero-order chi connectivity index (χ0) is 43.5. The molecule has 0 saturated heterocycles. The number of hydrogen-bond donors (Lipinski definition) is 1. The van der Waals surface area contributed by atoms with E-state index in [1.54, 1.807) is 0 Å². The standard InChI is InChI=1S/C55H94O5/c1-3-5-7-9-11-13-15-17-19-21-23-24-25-26-27-28-29-30-32-33-35-37-39-41-43-45-47-49-54(57)59-52-53(51-56)60-55(58)50-48-46-44-42-40-38-36-34-31-22-20-18-16-14-12-10-8-6-4-2/h6,8,12,14,18,20-21,23,31,34,38,40,44,46,53,56H,3-5,7,9-11,13,15-17,19,22,24-30,32-33,35-37,39,41-43,45,47-52H2,1-2H3/b8-6-,14-12-,20-18-,23-21-,34-31-,40-38-,46-44-. The summed E-state index contributed by atoms with van der Waals surface area (Å²) in [4.78, 5) is 24.4. The second-order valence-electron chi connectivity index (χ2n) is 16.5. The summed E-state index contributed by atoms with van der Waals surface area (Å²) < 4.78 is 10.6. The number of carbonyl (C=O) groups is 2. The molecule has 0 rings (SSSR count). The van der Waals surface area contributed by atoms with Crippen LogP contribution < -0.4 is 0 Å². The van der Waals surface area contributed by atoms with E-state index in [0.717, 1.165) is 57.8 Å². The average molecular weight is 835 g/mol. The van der Waals surface area contributed by atoms with Crippen LogP contribution in [0.25, 0.3) is 0 Å². The molecule has 1 atom stereocenters. The maximum absolute atomic E-state index is 12.2. The highest BCUT2D eigenvalue weighted by Crippen LogP contribution is 2.15. The predicted octanol–water partition coefficient (Wildman–Crippen LogP) is 16.6. The van der Waals surface area contributed by atoms with Crippen LogP contribution in [-0.4, -0.2) is 36.4 Å². The zero-order valence-corrected chi connectivity index (χ0v) is 39.2. The molecule has 1 N–H and O–H groups in total. The molecular formula is C55H94O5. The molecule has 60 heavy (non-hydrogen) atoms. The van der Waals surface area contributed by atoms with Crippen molar-refractivity contribution >= 4 is 11.9 Å². The van der Waals surface area contributed by atoms with Gasteiger partial charge in [0.05, 0.1) is 6.61 Å². The van der Waals surface area contributed by atoms with Gasteiger partial charge in [0.25, 0.3) is 0 Å². The molecule has 0 heterocycles. The Morgan fingerprint density at radius 3 is 1.15 bits per heavy atom. The molecule has 0 aliphatic rings. The van der Waals surface area contributed by atoms with Gasteiger partial charge in [0.15, 0.2) is 6.10 Å². The van der Waals surface area contributed by atoms with Gasteiger partial charge >= 0.3 is 11.9 Å². The van der Waals surface area contributed by atoms with Gasteiger partial charge in [0.2, 0.25) is 0 Å².